The molecule has 17 heavy (non-hydrogen) atoms. The minimum absolute atomic E-state index is 0.0350. The molecule has 0 saturated carbocycles. The number of anilines is 1. The maximum atomic E-state index is 11.9. The van der Waals surface area contributed by atoms with Gasteiger partial charge in [-0.2, -0.15) is 13.2 Å². The molecule has 0 fully saturated rings. The molecule has 0 atom stereocenters. The molecule has 0 unspecified atom stereocenters. The fourth-order valence-corrected chi connectivity index (χ4v) is 1.08. The average molecular weight is 249 g/mol. The van der Waals surface area contributed by atoms with Gasteiger partial charge in [-0.1, -0.05) is 0 Å². The van der Waals surface area contributed by atoms with Gasteiger partial charge >= 0.3 is 12.1 Å². The van der Waals surface area contributed by atoms with Crippen molar-refractivity contribution < 1.29 is 27.4 Å². The van der Waals surface area contributed by atoms with E-state index in [1.54, 1.807) is 0 Å². The molecule has 0 aliphatic carbocycles. The highest BCUT2D eigenvalue weighted by atomic mass is 19.4. The number of carbonyl (C=O) groups is 1. The molecule has 94 valence electrons. The van der Waals surface area contributed by atoms with E-state index >= 15 is 0 Å². The lowest BCUT2D eigenvalue weighted by Crippen LogP contribution is -2.19. The summed E-state index contributed by atoms with van der Waals surface area (Å²) in [4.78, 5) is 11.2. The molecule has 0 amide bonds. The summed E-state index contributed by atoms with van der Waals surface area (Å²) in [5.41, 5.74) is 5.54. The van der Waals surface area contributed by atoms with Crippen LogP contribution in [0.5, 0.6) is 5.75 Å². The second-order valence-electron chi connectivity index (χ2n) is 3.14. The number of benzene rings is 1. The van der Waals surface area contributed by atoms with Gasteiger partial charge in [-0.3, -0.25) is 0 Å². The molecule has 0 heterocycles. The molecule has 1 aromatic rings. The predicted octanol–water partition coefficient (Wildman–Crippen LogP) is 2.00. The lowest BCUT2D eigenvalue weighted by Gasteiger charge is -2.10. The van der Waals surface area contributed by atoms with Crippen LogP contribution in [0, 0.1) is 0 Å². The first-order valence-corrected chi connectivity index (χ1v) is 4.51. The van der Waals surface area contributed by atoms with Crippen LogP contribution in [0.4, 0.5) is 18.9 Å². The normalized spacial score (nSPS) is 11.1. The first-order valence-electron chi connectivity index (χ1n) is 4.51. The number of carbonyl (C=O) groups excluding carboxylic acids is 1. The van der Waals surface area contributed by atoms with Gasteiger partial charge in [-0.05, 0) is 18.2 Å². The van der Waals surface area contributed by atoms with Crippen molar-refractivity contribution >= 4 is 11.7 Å². The Morgan fingerprint density at radius 2 is 2.06 bits per heavy atom. The second kappa shape index (κ2) is 4.94. The Kier molecular flexibility index (Phi) is 3.82. The molecule has 1 aromatic carbocycles. The standard InChI is InChI=1S/C10H10F3NO3/c1-16-9(15)7-4-6(2-3-8(7)14)17-5-10(11,12)13/h2-4H,5,14H2,1H3. The van der Waals surface area contributed by atoms with Crippen LogP contribution in [0.3, 0.4) is 0 Å². The van der Waals surface area contributed by atoms with Gasteiger partial charge in [-0.15, -0.1) is 0 Å². The molecular weight excluding hydrogens is 239 g/mol. The van der Waals surface area contributed by atoms with Crippen molar-refractivity contribution in [2.45, 2.75) is 6.18 Å². The van der Waals surface area contributed by atoms with Crippen LogP contribution in [0.15, 0.2) is 18.2 Å². The Morgan fingerprint density at radius 3 is 2.59 bits per heavy atom. The van der Waals surface area contributed by atoms with E-state index in [1.807, 2.05) is 0 Å². The zero-order valence-electron chi connectivity index (χ0n) is 8.88. The highest BCUT2D eigenvalue weighted by molar-refractivity contribution is 5.95. The Bertz CT molecular complexity index is 418. The van der Waals surface area contributed by atoms with E-state index in [2.05, 4.69) is 9.47 Å². The molecule has 4 nitrogen and oxygen atoms in total. The van der Waals surface area contributed by atoms with Gasteiger partial charge in [0.05, 0.1) is 12.7 Å². The van der Waals surface area contributed by atoms with Crippen LogP contribution >= 0.6 is 0 Å². The van der Waals surface area contributed by atoms with E-state index < -0.39 is 18.8 Å². The van der Waals surface area contributed by atoms with Crippen molar-refractivity contribution in [1.82, 2.24) is 0 Å². The van der Waals surface area contributed by atoms with Crippen LogP contribution < -0.4 is 10.5 Å². The number of hydrogen-bond acceptors (Lipinski definition) is 4. The van der Waals surface area contributed by atoms with Crippen molar-refractivity contribution in [3.8, 4) is 5.75 Å². The van der Waals surface area contributed by atoms with Crippen LogP contribution in [0.25, 0.3) is 0 Å². The summed E-state index contributed by atoms with van der Waals surface area (Å²) in [6, 6.07) is 3.62. The van der Waals surface area contributed by atoms with Crippen LogP contribution in [-0.2, 0) is 4.74 Å². The molecule has 0 aliphatic rings. The number of hydrogen-bond donors (Lipinski definition) is 1. The number of rotatable bonds is 3. The molecule has 0 spiro atoms. The largest absolute Gasteiger partial charge is 0.484 e. The average Bonchev–Trinajstić information content (AvgIpc) is 2.26. The van der Waals surface area contributed by atoms with Gasteiger partial charge in [0, 0.05) is 5.69 Å². The Balaban J connectivity index is 2.86. The summed E-state index contributed by atoms with van der Waals surface area (Å²) in [5, 5.41) is 0. The zero-order chi connectivity index (χ0) is 13.1. The second-order valence-corrected chi connectivity index (χ2v) is 3.14. The molecule has 7 heteroatoms. The number of halogens is 3. The first kappa shape index (κ1) is 13.1. The third-order valence-electron chi connectivity index (χ3n) is 1.83. The number of methoxy groups -OCH3 is 1. The fraction of sp³-hybridized carbons (Fsp3) is 0.300. The summed E-state index contributed by atoms with van der Waals surface area (Å²) in [5.74, 6) is -0.836. The topological polar surface area (TPSA) is 61.5 Å². The van der Waals surface area contributed by atoms with Gasteiger partial charge in [0.25, 0.3) is 0 Å². The predicted molar refractivity (Wildman–Crippen MR) is 53.7 cm³/mol. The fourth-order valence-electron chi connectivity index (χ4n) is 1.08. The lowest BCUT2D eigenvalue weighted by atomic mass is 10.2. The van der Waals surface area contributed by atoms with Crippen molar-refractivity contribution in [2.75, 3.05) is 19.5 Å². The number of nitrogens with two attached hydrogens (primary N) is 1. The number of nitrogen functional groups attached to an aromatic ring is 1. The number of ether oxygens (including phenoxy) is 2. The summed E-state index contributed by atoms with van der Waals surface area (Å²) in [7, 11) is 1.14. The number of esters is 1. The lowest BCUT2D eigenvalue weighted by molar-refractivity contribution is -0.153. The quantitative estimate of drug-likeness (QED) is 0.657. The zero-order valence-corrected chi connectivity index (χ0v) is 8.88. The van der Waals surface area contributed by atoms with Crippen molar-refractivity contribution in [3.05, 3.63) is 23.8 Å². The van der Waals surface area contributed by atoms with E-state index in [0.29, 0.717) is 0 Å². The van der Waals surface area contributed by atoms with E-state index in [-0.39, 0.29) is 17.0 Å². The maximum Gasteiger partial charge on any atom is 0.422 e. The SMILES string of the molecule is COC(=O)c1cc(OCC(F)(F)F)ccc1N. The van der Waals surface area contributed by atoms with Crippen LogP contribution in [0.1, 0.15) is 10.4 Å². The van der Waals surface area contributed by atoms with E-state index in [4.69, 9.17) is 5.73 Å². The monoisotopic (exact) mass is 249 g/mol. The van der Waals surface area contributed by atoms with Gasteiger partial charge in [0.2, 0.25) is 0 Å². The Labute approximate surface area is 95.1 Å². The molecular formula is C10H10F3NO3. The highest BCUT2D eigenvalue weighted by Crippen LogP contribution is 2.23. The van der Waals surface area contributed by atoms with Crippen LogP contribution in [-0.4, -0.2) is 25.9 Å². The smallest absolute Gasteiger partial charge is 0.422 e. The number of alkyl halides is 3. The minimum Gasteiger partial charge on any atom is -0.484 e. The minimum atomic E-state index is -4.44. The summed E-state index contributed by atoms with van der Waals surface area (Å²) in [6.07, 6.45) is -4.44. The summed E-state index contributed by atoms with van der Waals surface area (Å²) in [6.45, 7) is -1.43. The molecule has 1 rings (SSSR count). The molecule has 0 aromatic heterocycles. The molecule has 0 bridgehead atoms. The van der Waals surface area contributed by atoms with E-state index in [9.17, 15) is 18.0 Å². The summed E-state index contributed by atoms with van der Waals surface area (Å²) >= 11 is 0. The molecule has 2 N–H and O–H groups in total. The Hall–Kier alpha value is -1.92. The van der Waals surface area contributed by atoms with Crippen molar-refractivity contribution in [1.29, 1.82) is 0 Å². The highest BCUT2D eigenvalue weighted by Gasteiger charge is 2.28. The van der Waals surface area contributed by atoms with E-state index in [1.165, 1.54) is 12.1 Å². The molecule has 0 radical (unpaired) electrons. The van der Waals surface area contributed by atoms with Gasteiger partial charge in [0.1, 0.15) is 5.75 Å². The third-order valence-corrected chi connectivity index (χ3v) is 1.83. The summed E-state index contributed by atoms with van der Waals surface area (Å²) < 4.78 is 44.6. The third kappa shape index (κ3) is 3.86. The van der Waals surface area contributed by atoms with Gasteiger partial charge in [0.15, 0.2) is 6.61 Å². The first-order chi connectivity index (χ1) is 7.83. The Morgan fingerprint density at radius 1 is 1.41 bits per heavy atom. The molecule has 0 saturated heterocycles. The van der Waals surface area contributed by atoms with Gasteiger partial charge in [-0.25, -0.2) is 4.79 Å². The van der Waals surface area contributed by atoms with Crippen molar-refractivity contribution in [2.24, 2.45) is 0 Å². The van der Waals surface area contributed by atoms with Crippen molar-refractivity contribution in [3.63, 3.8) is 0 Å². The molecule has 0 aliphatic heterocycles. The van der Waals surface area contributed by atoms with Crippen LogP contribution in [0.2, 0.25) is 0 Å². The van der Waals surface area contributed by atoms with Gasteiger partial charge < -0.3 is 15.2 Å². The van der Waals surface area contributed by atoms with E-state index in [0.717, 1.165) is 13.2 Å². The maximum absolute atomic E-state index is 11.9.